The number of halogens is 3. The van der Waals surface area contributed by atoms with Crippen molar-refractivity contribution in [3.63, 3.8) is 0 Å². The van der Waals surface area contributed by atoms with Crippen molar-refractivity contribution in [1.82, 2.24) is 5.32 Å². The second-order valence-corrected chi connectivity index (χ2v) is 6.17. The zero-order valence-electron chi connectivity index (χ0n) is 10.9. The molecule has 2 nitrogen and oxygen atoms in total. The third-order valence-corrected chi connectivity index (χ3v) is 4.48. The molecule has 0 spiro atoms. The van der Waals surface area contributed by atoms with E-state index >= 15 is 0 Å². The molecule has 0 saturated heterocycles. The van der Waals surface area contributed by atoms with Gasteiger partial charge in [0, 0.05) is 4.83 Å². The fourth-order valence-corrected chi connectivity index (χ4v) is 3.37. The summed E-state index contributed by atoms with van der Waals surface area (Å²) in [5, 5.41) is 2.78. The number of hydrogen-bond acceptors (Lipinski definition) is 1. The summed E-state index contributed by atoms with van der Waals surface area (Å²) in [5.74, 6) is -1.98. The first-order chi connectivity index (χ1) is 10.1. The number of alkyl halides is 1. The zero-order valence-corrected chi connectivity index (χ0v) is 12.5. The second-order valence-electron chi connectivity index (χ2n) is 4.99. The van der Waals surface area contributed by atoms with Gasteiger partial charge in [-0.15, -0.1) is 0 Å². The smallest absolute Gasteiger partial charge is 0.254 e. The predicted molar refractivity (Wildman–Crippen MR) is 79.4 cm³/mol. The molecule has 0 aliphatic heterocycles. The molecule has 0 saturated carbocycles. The fraction of sp³-hybridized carbons (Fsp3) is 0.188. The summed E-state index contributed by atoms with van der Waals surface area (Å²) in [4.78, 5) is 12.2. The number of fused-ring (bicyclic) bond motifs is 1. The van der Waals surface area contributed by atoms with Crippen molar-refractivity contribution in [3.05, 3.63) is 70.8 Å². The highest BCUT2D eigenvalue weighted by Gasteiger charge is 2.32. The summed E-state index contributed by atoms with van der Waals surface area (Å²) in [6, 6.07) is 10.4. The number of carbonyl (C=O) groups excluding carboxylic acids is 1. The van der Waals surface area contributed by atoms with Crippen LogP contribution in [0.15, 0.2) is 42.5 Å². The van der Waals surface area contributed by atoms with Crippen molar-refractivity contribution < 1.29 is 13.6 Å². The van der Waals surface area contributed by atoms with Crippen LogP contribution in [0.4, 0.5) is 8.78 Å². The first kappa shape index (κ1) is 14.2. The van der Waals surface area contributed by atoms with Gasteiger partial charge in [0.05, 0.1) is 11.6 Å². The molecule has 1 aliphatic rings. The van der Waals surface area contributed by atoms with E-state index < -0.39 is 17.5 Å². The highest BCUT2D eigenvalue weighted by molar-refractivity contribution is 9.09. The van der Waals surface area contributed by atoms with Gasteiger partial charge >= 0.3 is 0 Å². The van der Waals surface area contributed by atoms with E-state index in [0.29, 0.717) is 0 Å². The Balaban J connectivity index is 1.87. The van der Waals surface area contributed by atoms with Gasteiger partial charge in [-0.25, -0.2) is 8.78 Å². The summed E-state index contributed by atoms with van der Waals surface area (Å²) >= 11 is 3.54. The van der Waals surface area contributed by atoms with E-state index in [1.165, 1.54) is 0 Å². The number of carbonyl (C=O) groups is 1. The Hall–Kier alpha value is -1.75. The molecule has 0 heterocycles. The van der Waals surface area contributed by atoms with Crippen LogP contribution in [0.1, 0.15) is 27.5 Å². The summed E-state index contributed by atoms with van der Waals surface area (Å²) in [6.45, 7) is 0. The minimum absolute atomic E-state index is 0.0375. The van der Waals surface area contributed by atoms with Crippen LogP contribution in [0, 0.1) is 11.6 Å². The van der Waals surface area contributed by atoms with Gasteiger partial charge in [-0.05, 0) is 35.7 Å². The van der Waals surface area contributed by atoms with E-state index in [0.717, 1.165) is 35.7 Å². The highest BCUT2D eigenvalue weighted by Crippen LogP contribution is 2.35. The van der Waals surface area contributed by atoms with Crippen LogP contribution < -0.4 is 5.32 Å². The van der Waals surface area contributed by atoms with E-state index in [-0.39, 0.29) is 16.4 Å². The second kappa shape index (κ2) is 5.56. The Morgan fingerprint density at radius 3 is 2.76 bits per heavy atom. The maximum absolute atomic E-state index is 13.6. The molecular formula is C16H12BrF2NO. The van der Waals surface area contributed by atoms with Gasteiger partial charge in [-0.3, -0.25) is 4.79 Å². The Morgan fingerprint density at radius 1 is 1.19 bits per heavy atom. The number of rotatable bonds is 2. The number of amides is 1. The topological polar surface area (TPSA) is 29.1 Å². The summed E-state index contributed by atoms with van der Waals surface area (Å²) in [5.41, 5.74) is 1.87. The average Bonchev–Trinajstić information content (AvgIpc) is 2.78. The normalized spacial score (nSPS) is 20.1. The van der Waals surface area contributed by atoms with Crippen molar-refractivity contribution in [3.8, 4) is 0 Å². The van der Waals surface area contributed by atoms with Crippen molar-refractivity contribution in [1.29, 1.82) is 0 Å². The number of hydrogen-bond donors (Lipinski definition) is 1. The quantitative estimate of drug-likeness (QED) is 0.820. The van der Waals surface area contributed by atoms with Crippen molar-refractivity contribution in [2.45, 2.75) is 17.3 Å². The summed E-state index contributed by atoms with van der Waals surface area (Å²) < 4.78 is 26.8. The lowest BCUT2D eigenvalue weighted by Gasteiger charge is -2.18. The van der Waals surface area contributed by atoms with E-state index in [1.54, 1.807) is 0 Å². The predicted octanol–water partition coefficient (Wildman–Crippen LogP) is 3.76. The summed E-state index contributed by atoms with van der Waals surface area (Å²) in [6.07, 6.45) is 0.784. The zero-order chi connectivity index (χ0) is 15.0. The fourth-order valence-electron chi connectivity index (χ4n) is 2.60. The maximum atomic E-state index is 13.6. The van der Waals surface area contributed by atoms with Crippen LogP contribution in [0.5, 0.6) is 0 Å². The Bertz CT molecular complexity index is 704. The van der Waals surface area contributed by atoms with E-state index in [4.69, 9.17) is 0 Å². The third kappa shape index (κ3) is 2.70. The lowest BCUT2D eigenvalue weighted by Crippen LogP contribution is -2.32. The molecule has 2 aromatic rings. The van der Waals surface area contributed by atoms with Gasteiger partial charge in [-0.2, -0.15) is 0 Å². The van der Waals surface area contributed by atoms with Gasteiger partial charge in [0.1, 0.15) is 11.6 Å². The highest BCUT2D eigenvalue weighted by atomic mass is 79.9. The van der Waals surface area contributed by atoms with Gasteiger partial charge in [0.15, 0.2) is 0 Å². The van der Waals surface area contributed by atoms with Crippen LogP contribution in [0.2, 0.25) is 0 Å². The SMILES string of the molecule is O=C(NC1c2ccccc2CC1Br)c1cc(F)ccc1F. The average molecular weight is 352 g/mol. The van der Waals surface area contributed by atoms with Crippen molar-refractivity contribution >= 4 is 21.8 Å². The number of nitrogens with one attached hydrogen (secondary N) is 1. The molecule has 1 N–H and O–H groups in total. The molecule has 1 amide bonds. The van der Waals surface area contributed by atoms with Gasteiger partial charge < -0.3 is 5.32 Å². The minimum atomic E-state index is -0.730. The molecule has 21 heavy (non-hydrogen) atoms. The van der Waals surface area contributed by atoms with Crippen LogP contribution in [0.25, 0.3) is 0 Å². The van der Waals surface area contributed by atoms with E-state index in [9.17, 15) is 13.6 Å². The lowest BCUT2D eigenvalue weighted by molar-refractivity contribution is 0.0933. The molecule has 1 aliphatic carbocycles. The molecule has 2 atom stereocenters. The maximum Gasteiger partial charge on any atom is 0.254 e. The molecule has 0 radical (unpaired) electrons. The molecule has 3 rings (SSSR count). The summed E-state index contributed by atoms with van der Waals surface area (Å²) in [7, 11) is 0. The molecule has 2 aromatic carbocycles. The molecule has 0 bridgehead atoms. The molecular weight excluding hydrogens is 340 g/mol. The monoisotopic (exact) mass is 351 g/mol. The van der Waals surface area contributed by atoms with Crippen LogP contribution in [-0.2, 0) is 6.42 Å². The molecule has 0 aromatic heterocycles. The first-order valence-electron chi connectivity index (χ1n) is 6.54. The van der Waals surface area contributed by atoms with Crippen molar-refractivity contribution in [2.75, 3.05) is 0 Å². The lowest BCUT2D eigenvalue weighted by atomic mass is 10.1. The Morgan fingerprint density at radius 2 is 1.95 bits per heavy atom. The Labute approximate surface area is 129 Å². The molecule has 2 unspecified atom stereocenters. The molecule has 5 heteroatoms. The number of benzene rings is 2. The van der Waals surface area contributed by atoms with E-state index in [2.05, 4.69) is 21.2 Å². The van der Waals surface area contributed by atoms with Gasteiger partial charge in [0.25, 0.3) is 5.91 Å². The third-order valence-electron chi connectivity index (χ3n) is 3.63. The van der Waals surface area contributed by atoms with Crippen molar-refractivity contribution in [2.24, 2.45) is 0 Å². The van der Waals surface area contributed by atoms with Gasteiger partial charge in [-0.1, -0.05) is 40.2 Å². The van der Waals surface area contributed by atoms with E-state index in [1.807, 2.05) is 24.3 Å². The first-order valence-corrected chi connectivity index (χ1v) is 7.45. The largest absolute Gasteiger partial charge is 0.344 e. The minimum Gasteiger partial charge on any atom is -0.344 e. The van der Waals surface area contributed by atoms with Gasteiger partial charge in [0.2, 0.25) is 0 Å². The standard InChI is InChI=1S/C16H12BrF2NO/c17-13-7-9-3-1-2-4-11(9)15(13)20-16(21)12-8-10(18)5-6-14(12)19/h1-6,8,13,15H,7H2,(H,20,21). The van der Waals surface area contributed by atoms with Crippen LogP contribution in [0.3, 0.4) is 0 Å². The van der Waals surface area contributed by atoms with Crippen LogP contribution in [-0.4, -0.2) is 10.7 Å². The Kier molecular flexibility index (Phi) is 3.76. The van der Waals surface area contributed by atoms with Crippen LogP contribution >= 0.6 is 15.9 Å². The molecule has 0 fully saturated rings. The molecule has 108 valence electrons.